The molecule has 1 saturated heterocycles. The molecule has 0 aliphatic carbocycles. The number of aliphatic hydroxyl groups excluding tert-OH is 1. The molecular weight excluding hydrogens is 515 g/mol. The van der Waals surface area contributed by atoms with Crippen molar-refractivity contribution in [1.29, 1.82) is 0 Å². The van der Waals surface area contributed by atoms with Gasteiger partial charge in [-0.1, -0.05) is 12.1 Å². The number of alkyl halides is 2. The van der Waals surface area contributed by atoms with Crippen LogP contribution in [0.1, 0.15) is 62.3 Å². The van der Waals surface area contributed by atoms with E-state index in [9.17, 15) is 18.7 Å². The quantitative estimate of drug-likeness (QED) is 0.388. The van der Waals surface area contributed by atoms with Gasteiger partial charge < -0.3 is 25.2 Å². The van der Waals surface area contributed by atoms with Crippen molar-refractivity contribution < 1.29 is 32.9 Å². The molecule has 2 aromatic heterocycles. The third kappa shape index (κ3) is 5.48. The van der Waals surface area contributed by atoms with Crippen LogP contribution in [0.15, 0.2) is 30.6 Å². The number of likely N-dealkylation sites (tertiary alicyclic amines) is 1. The summed E-state index contributed by atoms with van der Waals surface area (Å²) < 4.78 is 50.5. The van der Waals surface area contributed by atoms with Crippen LogP contribution in [-0.2, 0) is 10.7 Å². The van der Waals surface area contributed by atoms with Crippen LogP contribution in [0.2, 0.25) is 0 Å². The fraction of sp³-hybridized carbons (Fsp3) is 0.481. The predicted molar refractivity (Wildman–Crippen MR) is 138 cm³/mol. The number of benzene rings is 1. The maximum Gasteiger partial charge on any atom is 0.303 e. The fourth-order valence-corrected chi connectivity index (χ4v) is 4.84. The average molecular weight is 548 g/mol. The molecule has 1 amide bonds. The summed E-state index contributed by atoms with van der Waals surface area (Å²) in [6, 6.07) is 4.75. The van der Waals surface area contributed by atoms with Crippen molar-refractivity contribution in [1.82, 2.24) is 19.9 Å². The molecule has 0 saturated carbocycles. The van der Waals surface area contributed by atoms with Crippen molar-refractivity contribution in [3.05, 3.63) is 53.1 Å². The number of carbonyl (C=O) groups is 1. The Morgan fingerprint density at radius 3 is 2.56 bits per heavy atom. The second-order valence-electron chi connectivity index (χ2n) is 10.2. The topological polar surface area (TPSA) is 121 Å². The number of hydrogen-bond acceptors (Lipinski definition) is 8. The van der Waals surface area contributed by atoms with Gasteiger partial charge in [0, 0.05) is 24.2 Å². The van der Waals surface area contributed by atoms with Crippen LogP contribution >= 0.6 is 0 Å². The van der Waals surface area contributed by atoms with E-state index in [1.807, 2.05) is 6.07 Å². The van der Waals surface area contributed by atoms with Crippen LogP contribution in [0.25, 0.3) is 11.0 Å². The highest BCUT2D eigenvalue weighted by Crippen LogP contribution is 2.42. The Bertz CT molecular complexity index is 1360. The average Bonchev–Trinajstić information content (AvgIpc) is 2.91. The van der Waals surface area contributed by atoms with E-state index in [0.717, 1.165) is 25.5 Å². The van der Waals surface area contributed by atoms with E-state index in [1.165, 1.54) is 25.6 Å². The molecule has 3 heterocycles. The first-order valence-corrected chi connectivity index (χ1v) is 12.6. The first-order chi connectivity index (χ1) is 18.4. The van der Waals surface area contributed by atoms with Gasteiger partial charge in [0.2, 0.25) is 11.8 Å². The van der Waals surface area contributed by atoms with E-state index in [4.69, 9.17) is 9.84 Å². The first-order valence-electron chi connectivity index (χ1n) is 12.6. The van der Waals surface area contributed by atoms with Crippen molar-refractivity contribution in [2.75, 3.05) is 32.1 Å². The number of amides is 1. The molecular formula is C27H32F3N5O4. The Morgan fingerprint density at radius 1 is 1.26 bits per heavy atom. The molecule has 1 aliphatic heterocycles. The maximum atomic E-state index is 15.3. The highest BCUT2D eigenvalue weighted by Gasteiger charge is 2.49. The highest BCUT2D eigenvalue weighted by molar-refractivity contribution is 5.87. The van der Waals surface area contributed by atoms with Gasteiger partial charge in [0.25, 0.3) is 0 Å². The van der Waals surface area contributed by atoms with Crippen LogP contribution in [0.4, 0.5) is 19.0 Å². The number of fused-ring (bicyclic) bond motifs is 1. The molecule has 1 atom stereocenters. The Kier molecular flexibility index (Phi) is 7.99. The van der Waals surface area contributed by atoms with Crippen LogP contribution in [0.3, 0.4) is 0 Å². The molecule has 1 fully saturated rings. The smallest absolute Gasteiger partial charge is 0.303 e. The number of rotatable bonds is 8. The standard InChI is InChI=1S/C27H32F3N5O4/c1-15(17-6-5-7-20(22(17)28)27(29,30)26(2,3)38)33-23-19-12-18(25(39-4)34-24(19)32-14-31-23)16-8-10-35(11-9-16)21(37)13-36/h5-7,12,14-16,36,38H,8-11,13H2,1-4H3,(H,31,32,33,34)/t15-/m1/s1. The molecule has 3 N–H and O–H groups in total. The largest absolute Gasteiger partial charge is 0.481 e. The molecule has 39 heavy (non-hydrogen) atoms. The van der Waals surface area contributed by atoms with Crippen molar-refractivity contribution in [2.45, 2.75) is 57.1 Å². The number of aliphatic hydroxyl groups is 2. The Labute approximate surface area is 224 Å². The molecule has 210 valence electrons. The number of ether oxygens (including phenoxy) is 1. The van der Waals surface area contributed by atoms with E-state index < -0.39 is 35.6 Å². The summed E-state index contributed by atoms with van der Waals surface area (Å²) in [7, 11) is 1.50. The minimum absolute atomic E-state index is 0.0169. The number of halogens is 3. The van der Waals surface area contributed by atoms with E-state index in [-0.39, 0.29) is 17.4 Å². The van der Waals surface area contributed by atoms with Crippen LogP contribution in [-0.4, -0.2) is 68.4 Å². The summed E-state index contributed by atoms with van der Waals surface area (Å²) >= 11 is 0. The third-order valence-electron chi connectivity index (χ3n) is 7.19. The molecule has 0 unspecified atom stereocenters. The van der Waals surface area contributed by atoms with E-state index in [2.05, 4.69) is 20.3 Å². The predicted octanol–water partition coefficient (Wildman–Crippen LogP) is 3.91. The Hall–Kier alpha value is -3.51. The Balaban J connectivity index is 1.67. The summed E-state index contributed by atoms with van der Waals surface area (Å²) in [6.45, 7) is 3.90. The van der Waals surface area contributed by atoms with Gasteiger partial charge in [-0.25, -0.2) is 14.4 Å². The number of hydrogen-bond donors (Lipinski definition) is 3. The lowest BCUT2D eigenvalue weighted by molar-refractivity contribution is -0.170. The number of methoxy groups -OCH3 is 1. The fourth-order valence-electron chi connectivity index (χ4n) is 4.84. The van der Waals surface area contributed by atoms with E-state index in [0.29, 0.717) is 48.7 Å². The summed E-state index contributed by atoms with van der Waals surface area (Å²) in [5, 5.41) is 22.7. The molecule has 1 aliphatic rings. The molecule has 4 rings (SSSR count). The third-order valence-corrected chi connectivity index (χ3v) is 7.19. The van der Waals surface area contributed by atoms with Crippen molar-refractivity contribution in [3.8, 4) is 5.88 Å². The van der Waals surface area contributed by atoms with Gasteiger partial charge in [-0.3, -0.25) is 4.79 Å². The summed E-state index contributed by atoms with van der Waals surface area (Å²) in [4.78, 5) is 26.5. The molecule has 12 heteroatoms. The minimum Gasteiger partial charge on any atom is -0.481 e. The van der Waals surface area contributed by atoms with Gasteiger partial charge in [-0.2, -0.15) is 13.8 Å². The highest BCUT2D eigenvalue weighted by atomic mass is 19.3. The van der Waals surface area contributed by atoms with Gasteiger partial charge in [-0.15, -0.1) is 0 Å². The van der Waals surface area contributed by atoms with Crippen LogP contribution in [0, 0.1) is 5.82 Å². The van der Waals surface area contributed by atoms with Crippen molar-refractivity contribution in [3.63, 3.8) is 0 Å². The van der Waals surface area contributed by atoms with Crippen LogP contribution in [0.5, 0.6) is 5.88 Å². The second kappa shape index (κ2) is 10.9. The van der Waals surface area contributed by atoms with E-state index in [1.54, 1.807) is 11.8 Å². The van der Waals surface area contributed by atoms with Gasteiger partial charge in [0.15, 0.2) is 5.65 Å². The lowest BCUT2D eigenvalue weighted by Gasteiger charge is -2.32. The molecule has 3 aromatic rings. The van der Waals surface area contributed by atoms with Gasteiger partial charge in [-0.05, 0) is 51.7 Å². The van der Waals surface area contributed by atoms with Crippen LogP contribution < -0.4 is 10.1 Å². The van der Waals surface area contributed by atoms with Gasteiger partial charge >= 0.3 is 5.92 Å². The van der Waals surface area contributed by atoms with Gasteiger partial charge in [0.1, 0.15) is 30.2 Å². The monoisotopic (exact) mass is 547 g/mol. The lowest BCUT2D eigenvalue weighted by Crippen LogP contribution is -2.41. The number of anilines is 1. The van der Waals surface area contributed by atoms with Gasteiger partial charge in [0.05, 0.1) is 24.1 Å². The summed E-state index contributed by atoms with van der Waals surface area (Å²) in [5.74, 6) is -4.52. The number of carbonyl (C=O) groups excluding carboxylic acids is 1. The Morgan fingerprint density at radius 2 is 1.95 bits per heavy atom. The number of piperidine rings is 1. The zero-order chi connectivity index (χ0) is 28.5. The number of aromatic nitrogens is 3. The molecule has 0 spiro atoms. The second-order valence-corrected chi connectivity index (χ2v) is 10.2. The molecule has 0 bridgehead atoms. The van der Waals surface area contributed by atoms with Crippen molar-refractivity contribution in [2.24, 2.45) is 0 Å². The summed E-state index contributed by atoms with van der Waals surface area (Å²) in [5.41, 5.74) is -2.26. The number of pyridine rings is 1. The zero-order valence-corrected chi connectivity index (χ0v) is 22.2. The number of nitrogens with one attached hydrogen (secondary N) is 1. The molecule has 9 nitrogen and oxygen atoms in total. The van der Waals surface area contributed by atoms with E-state index >= 15 is 4.39 Å². The normalized spacial score (nSPS) is 15.9. The number of nitrogens with zero attached hydrogens (tertiary/aromatic N) is 4. The zero-order valence-electron chi connectivity index (χ0n) is 22.2. The first kappa shape index (κ1) is 28.5. The lowest BCUT2D eigenvalue weighted by atomic mass is 9.89. The molecule has 1 aromatic carbocycles. The van der Waals surface area contributed by atoms with Crippen molar-refractivity contribution >= 4 is 22.8 Å². The minimum atomic E-state index is -3.82. The molecule has 0 radical (unpaired) electrons. The summed E-state index contributed by atoms with van der Waals surface area (Å²) in [6.07, 6.45) is 2.56. The SMILES string of the molecule is COc1nc2ncnc(N[C@H](C)c3cccc(C(F)(F)C(C)(C)O)c3F)c2cc1C1CCN(C(=O)CO)CC1. The maximum absolute atomic E-state index is 15.3.